The molecular formula is C18H24N2O7S. The van der Waals surface area contributed by atoms with E-state index in [1.165, 1.54) is 12.1 Å². The van der Waals surface area contributed by atoms with Crippen LogP contribution in [0.5, 0.6) is 0 Å². The average molecular weight is 412 g/mol. The Morgan fingerprint density at radius 2 is 1.93 bits per heavy atom. The van der Waals surface area contributed by atoms with Crippen LogP contribution < -0.4 is 5.32 Å². The first kappa shape index (κ1) is 21.8. The number of sulfonamides is 1. The van der Waals surface area contributed by atoms with Crippen LogP contribution in [0.3, 0.4) is 0 Å². The van der Waals surface area contributed by atoms with Crippen LogP contribution in [0.2, 0.25) is 0 Å². The second-order valence-corrected chi connectivity index (χ2v) is 8.49. The third-order valence-electron chi connectivity index (χ3n) is 4.58. The molecule has 10 heteroatoms. The Balaban J connectivity index is 2.17. The van der Waals surface area contributed by atoms with Crippen molar-refractivity contribution in [2.24, 2.45) is 0 Å². The van der Waals surface area contributed by atoms with Gasteiger partial charge >= 0.3 is 11.9 Å². The van der Waals surface area contributed by atoms with Crippen LogP contribution in [0.1, 0.15) is 31.2 Å². The van der Waals surface area contributed by atoms with Crippen molar-refractivity contribution in [3.05, 3.63) is 29.8 Å². The van der Waals surface area contributed by atoms with Crippen molar-refractivity contribution in [2.45, 2.75) is 49.6 Å². The lowest BCUT2D eigenvalue weighted by molar-refractivity contribution is -0.146. The molecular weight excluding hydrogens is 388 g/mol. The van der Waals surface area contributed by atoms with E-state index in [-0.39, 0.29) is 24.3 Å². The second-order valence-electron chi connectivity index (χ2n) is 6.60. The summed E-state index contributed by atoms with van der Waals surface area (Å²) in [6.45, 7) is 2.03. The number of aryl methyl sites for hydroxylation is 1. The third-order valence-corrected chi connectivity index (χ3v) is 6.51. The van der Waals surface area contributed by atoms with Crippen molar-refractivity contribution in [1.29, 1.82) is 0 Å². The van der Waals surface area contributed by atoms with Gasteiger partial charge in [-0.1, -0.05) is 17.7 Å². The first-order valence-electron chi connectivity index (χ1n) is 8.85. The SMILES string of the molecule is COC(=O)[C@H](CCC(=O)O)NC(=O)[C@@H]1CCCN1S(=O)(=O)c1ccc(C)cc1. The summed E-state index contributed by atoms with van der Waals surface area (Å²) in [4.78, 5) is 35.4. The fourth-order valence-corrected chi connectivity index (χ4v) is 4.72. The highest BCUT2D eigenvalue weighted by atomic mass is 32.2. The summed E-state index contributed by atoms with van der Waals surface area (Å²) in [6.07, 6.45) is 0.326. The molecule has 1 aromatic rings. The van der Waals surface area contributed by atoms with Crippen LogP contribution in [0.25, 0.3) is 0 Å². The maximum atomic E-state index is 12.9. The molecule has 2 N–H and O–H groups in total. The number of carbonyl (C=O) groups is 3. The van der Waals surface area contributed by atoms with Gasteiger partial charge in [-0.05, 0) is 38.3 Å². The van der Waals surface area contributed by atoms with Gasteiger partial charge in [0, 0.05) is 13.0 Å². The van der Waals surface area contributed by atoms with Gasteiger partial charge in [0.2, 0.25) is 15.9 Å². The fraction of sp³-hybridized carbons (Fsp3) is 0.500. The number of ether oxygens (including phenoxy) is 1. The minimum atomic E-state index is -3.87. The molecule has 28 heavy (non-hydrogen) atoms. The Hall–Kier alpha value is -2.46. The van der Waals surface area contributed by atoms with Crippen LogP contribution in [-0.2, 0) is 29.1 Å². The highest BCUT2D eigenvalue weighted by Gasteiger charge is 2.40. The number of methoxy groups -OCH3 is 1. The number of rotatable bonds is 8. The van der Waals surface area contributed by atoms with Gasteiger partial charge < -0.3 is 15.2 Å². The Labute approximate surface area is 163 Å². The molecule has 1 fully saturated rings. The van der Waals surface area contributed by atoms with Gasteiger partial charge in [-0.3, -0.25) is 9.59 Å². The van der Waals surface area contributed by atoms with Gasteiger partial charge in [-0.2, -0.15) is 4.31 Å². The van der Waals surface area contributed by atoms with Crippen molar-refractivity contribution in [1.82, 2.24) is 9.62 Å². The van der Waals surface area contributed by atoms with E-state index in [0.29, 0.717) is 12.8 Å². The van der Waals surface area contributed by atoms with E-state index in [2.05, 4.69) is 10.1 Å². The Kier molecular flexibility index (Phi) is 7.14. The second kappa shape index (κ2) is 9.16. The van der Waals surface area contributed by atoms with Crippen molar-refractivity contribution >= 4 is 27.9 Å². The van der Waals surface area contributed by atoms with E-state index in [1.54, 1.807) is 12.1 Å². The van der Waals surface area contributed by atoms with Crippen molar-refractivity contribution < 1.29 is 32.6 Å². The smallest absolute Gasteiger partial charge is 0.328 e. The number of nitrogens with zero attached hydrogens (tertiary/aromatic N) is 1. The zero-order valence-electron chi connectivity index (χ0n) is 15.8. The molecule has 2 rings (SSSR count). The summed E-state index contributed by atoms with van der Waals surface area (Å²) in [5.74, 6) is -2.54. The molecule has 1 aliphatic rings. The van der Waals surface area contributed by atoms with Gasteiger partial charge in [0.05, 0.1) is 12.0 Å². The van der Waals surface area contributed by atoms with E-state index in [9.17, 15) is 22.8 Å². The van der Waals surface area contributed by atoms with Crippen molar-refractivity contribution in [2.75, 3.05) is 13.7 Å². The topological polar surface area (TPSA) is 130 Å². The maximum Gasteiger partial charge on any atom is 0.328 e. The number of carbonyl (C=O) groups excluding carboxylic acids is 2. The van der Waals surface area contributed by atoms with Gasteiger partial charge in [-0.15, -0.1) is 0 Å². The van der Waals surface area contributed by atoms with Gasteiger partial charge in [0.1, 0.15) is 12.1 Å². The number of carboxylic acids is 1. The number of hydrogen-bond donors (Lipinski definition) is 2. The van der Waals surface area contributed by atoms with E-state index in [4.69, 9.17) is 5.11 Å². The highest BCUT2D eigenvalue weighted by molar-refractivity contribution is 7.89. The maximum absolute atomic E-state index is 12.9. The lowest BCUT2D eigenvalue weighted by atomic mass is 10.1. The van der Waals surface area contributed by atoms with Crippen LogP contribution in [-0.4, -0.2) is 61.4 Å². The summed E-state index contributed by atoms with van der Waals surface area (Å²) in [7, 11) is -2.74. The number of benzene rings is 1. The molecule has 0 bridgehead atoms. The minimum Gasteiger partial charge on any atom is -0.481 e. The number of nitrogens with one attached hydrogen (secondary N) is 1. The zero-order valence-corrected chi connectivity index (χ0v) is 16.6. The summed E-state index contributed by atoms with van der Waals surface area (Å²) in [5, 5.41) is 11.2. The molecule has 0 unspecified atom stereocenters. The van der Waals surface area contributed by atoms with Crippen molar-refractivity contribution in [3.8, 4) is 0 Å². The minimum absolute atomic E-state index is 0.0909. The van der Waals surface area contributed by atoms with Gasteiger partial charge in [-0.25, -0.2) is 13.2 Å². The van der Waals surface area contributed by atoms with Crippen molar-refractivity contribution in [3.63, 3.8) is 0 Å². The van der Waals surface area contributed by atoms with Gasteiger partial charge in [0.25, 0.3) is 0 Å². The standard InChI is InChI=1S/C18H24N2O7S/c1-12-5-7-13(8-6-12)28(25,26)20-11-3-4-15(20)17(23)19-14(18(24)27-2)9-10-16(21)22/h5-8,14-15H,3-4,9-11H2,1-2H3,(H,19,23)(H,21,22)/t14-,15-/m0/s1. The number of carboxylic acid groups (broad SMARTS) is 1. The third kappa shape index (κ3) is 5.08. The van der Waals surface area contributed by atoms with Crippen LogP contribution in [0.15, 0.2) is 29.2 Å². The first-order valence-corrected chi connectivity index (χ1v) is 10.3. The average Bonchev–Trinajstić information content (AvgIpc) is 3.15. The van der Waals surface area contributed by atoms with E-state index >= 15 is 0 Å². The fourth-order valence-electron chi connectivity index (χ4n) is 3.06. The lowest BCUT2D eigenvalue weighted by Gasteiger charge is -2.25. The predicted molar refractivity (Wildman–Crippen MR) is 98.9 cm³/mol. The molecule has 0 aromatic heterocycles. The normalized spacial score (nSPS) is 18.4. The molecule has 0 radical (unpaired) electrons. The molecule has 0 aliphatic carbocycles. The number of amides is 1. The molecule has 1 amide bonds. The molecule has 0 saturated carbocycles. The predicted octanol–water partition coefficient (Wildman–Crippen LogP) is 0.671. The quantitative estimate of drug-likeness (QED) is 0.600. The molecule has 0 spiro atoms. The van der Waals surface area contributed by atoms with Gasteiger partial charge in [0.15, 0.2) is 0 Å². The largest absolute Gasteiger partial charge is 0.481 e. The van der Waals surface area contributed by atoms with Crippen LogP contribution >= 0.6 is 0 Å². The number of aliphatic carboxylic acids is 1. The van der Waals surface area contributed by atoms with E-state index < -0.39 is 40.0 Å². The van der Waals surface area contributed by atoms with E-state index in [0.717, 1.165) is 17.0 Å². The Morgan fingerprint density at radius 3 is 2.50 bits per heavy atom. The summed E-state index contributed by atoms with van der Waals surface area (Å²) in [6, 6.07) is 4.21. The van der Waals surface area contributed by atoms with Crippen LogP contribution in [0.4, 0.5) is 0 Å². The number of esters is 1. The monoisotopic (exact) mass is 412 g/mol. The summed E-state index contributed by atoms with van der Waals surface area (Å²) < 4.78 is 31.6. The van der Waals surface area contributed by atoms with Crippen LogP contribution in [0, 0.1) is 6.92 Å². The Bertz CT molecular complexity index is 836. The molecule has 1 aliphatic heterocycles. The molecule has 9 nitrogen and oxygen atoms in total. The molecule has 1 heterocycles. The lowest BCUT2D eigenvalue weighted by Crippen LogP contribution is -2.51. The van der Waals surface area contributed by atoms with E-state index in [1.807, 2.05) is 6.92 Å². The molecule has 2 atom stereocenters. The summed E-state index contributed by atoms with van der Waals surface area (Å²) in [5.41, 5.74) is 0.911. The Morgan fingerprint density at radius 1 is 1.29 bits per heavy atom. The highest BCUT2D eigenvalue weighted by Crippen LogP contribution is 2.26. The molecule has 154 valence electrons. The first-order chi connectivity index (χ1) is 13.2. The number of hydrogen-bond acceptors (Lipinski definition) is 6. The molecule has 1 aromatic carbocycles. The zero-order chi connectivity index (χ0) is 20.9. The molecule has 1 saturated heterocycles. The summed E-state index contributed by atoms with van der Waals surface area (Å²) >= 11 is 0.